The molecule has 1 aliphatic heterocycles. The Morgan fingerprint density at radius 2 is 1.88 bits per heavy atom. The minimum atomic E-state index is 1.04. The van der Waals surface area contributed by atoms with Crippen molar-refractivity contribution in [1.82, 2.24) is 9.55 Å². The first-order valence-corrected chi connectivity index (χ1v) is 7.51. The molecule has 5 heteroatoms. The number of halogens is 3. The molecule has 0 spiro atoms. The number of rotatable bonds is 0. The van der Waals surface area contributed by atoms with Crippen molar-refractivity contribution in [1.29, 1.82) is 0 Å². The van der Waals surface area contributed by atoms with Crippen LogP contribution >= 0.6 is 47.8 Å². The summed E-state index contributed by atoms with van der Waals surface area (Å²) < 4.78 is 5.59. The maximum absolute atomic E-state index is 4.65. The molecule has 84 valence electrons. The van der Waals surface area contributed by atoms with Gasteiger partial charge in [-0.1, -0.05) is 0 Å². The molecule has 16 heavy (non-hydrogen) atoms. The third-order valence-electron chi connectivity index (χ3n) is 3.11. The summed E-state index contributed by atoms with van der Waals surface area (Å²) in [5, 5.41) is 0. The van der Waals surface area contributed by atoms with Gasteiger partial charge in [-0.2, -0.15) is 0 Å². The predicted molar refractivity (Wildman–Crippen MR) is 75.9 cm³/mol. The molecule has 0 atom stereocenters. The number of hydrogen-bond acceptors (Lipinski definition) is 1. The minimum absolute atomic E-state index is 1.04. The van der Waals surface area contributed by atoms with Crippen LogP contribution in [0, 0.1) is 6.92 Å². The van der Waals surface area contributed by atoms with Crippen LogP contribution < -0.4 is 0 Å². The molecule has 2 aromatic rings. The van der Waals surface area contributed by atoms with E-state index < -0.39 is 0 Å². The zero-order valence-corrected chi connectivity index (χ0v) is 13.4. The van der Waals surface area contributed by atoms with Crippen LogP contribution in [0.1, 0.15) is 17.8 Å². The highest BCUT2D eigenvalue weighted by molar-refractivity contribution is 9.14. The first kappa shape index (κ1) is 11.2. The Balaban J connectivity index is 2.57. The van der Waals surface area contributed by atoms with Gasteiger partial charge >= 0.3 is 0 Å². The molecule has 1 aromatic carbocycles. The number of benzene rings is 1. The zero-order chi connectivity index (χ0) is 11.4. The molecule has 0 amide bonds. The Bertz CT molecular complexity index is 601. The lowest BCUT2D eigenvalue weighted by molar-refractivity contribution is 0.615. The quantitative estimate of drug-likeness (QED) is 0.583. The fourth-order valence-electron chi connectivity index (χ4n) is 2.38. The van der Waals surface area contributed by atoms with Crippen LogP contribution in [0.3, 0.4) is 0 Å². The summed E-state index contributed by atoms with van der Waals surface area (Å²) in [6.07, 6.45) is 2.31. The largest absolute Gasteiger partial charge is 0.328 e. The summed E-state index contributed by atoms with van der Waals surface area (Å²) in [5.41, 5.74) is 3.73. The third kappa shape index (κ3) is 1.37. The van der Waals surface area contributed by atoms with Crippen LogP contribution in [0.2, 0.25) is 0 Å². The van der Waals surface area contributed by atoms with Crippen molar-refractivity contribution < 1.29 is 0 Å². The van der Waals surface area contributed by atoms with Gasteiger partial charge in [0.25, 0.3) is 0 Å². The van der Waals surface area contributed by atoms with Crippen molar-refractivity contribution in [3.63, 3.8) is 0 Å². The number of aromatic nitrogens is 2. The normalized spacial score (nSPS) is 14.8. The lowest BCUT2D eigenvalue weighted by Crippen LogP contribution is -2.09. The van der Waals surface area contributed by atoms with Crippen LogP contribution in [0.15, 0.2) is 13.4 Å². The maximum Gasteiger partial charge on any atom is 0.106 e. The van der Waals surface area contributed by atoms with Gasteiger partial charge in [-0.3, -0.25) is 0 Å². The van der Waals surface area contributed by atoms with E-state index in [0.717, 1.165) is 37.7 Å². The van der Waals surface area contributed by atoms with Crippen LogP contribution in [0.5, 0.6) is 0 Å². The summed E-state index contributed by atoms with van der Waals surface area (Å²) in [7, 11) is 0. The second-order valence-electron chi connectivity index (χ2n) is 4.03. The van der Waals surface area contributed by atoms with Gasteiger partial charge in [0.15, 0.2) is 0 Å². The number of hydrogen-bond donors (Lipinski definition) is 0. The summed E-state index contributed by atoms with van der Waals surface area (Å²) >= 11 is 10.9. The highest BCUT2D eigenvalue weighted by atomic mass is 79.9. The topological polar surface area (TPSA) is 17.8 Å². The van der Waals surface area contributed by atoms with E-state index in [0.29, 0.717) is 0 Å². The first-order chi connectivity index (χ1) is 7.61. The number of aryl methyl sites for hydroxylation is 3. The van der Waals surface area contributed by atoms with Gasteiger partial charge in [0.2, 0.25) is 0 Å². The smallest absolute Gasteiger partial charge is 0.106 e. The molecule has 0 N–H and O–H groups in total. The SMILES string of the molecule is Cc1nc2c(Br)c(Br)c(Br)c3c2n1CCC3. The molecule has 0 saturated carbocycles. The second-order valence-corrected chi connectivity index (χ2v) is 6.41. The van der Waals surface area contributed by atoms with Crippen LogP contribution in [0.4, 0.5) is 0 Å². The molecule has 0 aliphatic carbocycles. The van der Waals surface area contributed by atoms with Crippen molar-refractivity contribution in [3.8, 4) is 0 Å². The average Bonchev–Trinajstić information content (AvgIpc) is 2.63. The van der Waals surface area contributed by atoms with Gasteiger partial charge in [-0.25, -0.2) is 4.98 Å². The molecule has 0 saturated heterocycles. The summed E-state index contributed by atoms with van der Waals surface area (Å²) in [6.45, 7) is 3.15. The molecule has 1 aliphatic rings. The van der Waals surface area contributed by atoms with Crippen LogP contribution in [-0.2, 0) is 13.0 Å². The molecular weight excluding hydrogens is 400 g/mol. The molecular formula is C11H9Br3N2. The Morgan fingerprint density at radius 3 is 2.62 bits per heavy atom. The van der Waals surface area contributed by atoms with Gasteiger partial charge < -0.3 is 4.57 Å². The molecule has 0 fully saturated rings. The summed E-state index contributed by atoms with van der Waals surface area (Å²) in [6, 6.07) is 0. The Morgan fingerprint density at radius 1 is 1.12 bits per heavy atom. The van der Waals surface area contributed by atoms with Crippen molar-refractivity contribution in [2.45, 2.75) is 26.3 Å². The Hall–Kier alpha value is 0.130. The highest BCUT2D eigenvalue weighted by Gasteiger charge is 2.23. The van der Waals surface area contributed by atoms with E-state index in [4.69, 9.17) is 0 Å². The molecule has 2 nitrogen and oxygen atoms in total. The number of imidazole rings is 1. The summed E-state index contributed by atoms with van der Waals surface area (Å²) in [4.78, 5) is 4.65. The molecule has 3 rings (SSSR count). The Labute approximate surface area is 119 Å². The van der Waals surface area contributed by atoms with E-state index in [-0.39, 0.29) is 0 Å². The van der Waals surface area contributed by atoms with E-state index in [1.54, 1.807) is 0 Å². The highest BCUT2D eigenvalue weighted by Crippen LogP contribution is 2.42. The minimum Gasteiger partial charge on any atom is -0.328 e. The fourth-order valence-corrected chi connectivity index (χ4v) is 4.13. The maximum atomic E-state index is 4.65. The molecule has 0 unspecified atom stereocenters. The van der Waals surface area contributed by atoms with Crippen molar-refractivity contribution in [2.24, 2.45) is 0 Å². The first-order valence-electron chi connectivity index (χ1n) is 5.13. The lowest BCUT2D eigenvalue weighted by atomic mass is 10.0. The second kappa shape index (κ2) is 3.82. The average molecular weight is 409 g/mol. The van der Waals surface area contributed by atoms with Gasteiger partial charge in [-0.15, -0.1) is 0 Å². The van der Waals surface area contributed by atoms with Crippen molar-refractivity contribution in [2.75, 3.05) is 0 Å². The van der Waals surface area contributed by atoms with Gasteiger partial charge in [0.05, 0.1) is 9.99 Å². The van der Waals surface area contributed by atoms with Gasteiger partial charge in [0, 0.05) is 15.5 Å². The van der Waals surface area contributed by atoms with E-state index in [9.17, 15) is 0 Å². The third-order valence-corrected chi connectivity index (χ3v) is 6.62. The number of nitrogens with zero attached hydrogens (tertiary/aromatic N) is 2. The fraction of sp³-hybridized carbons (Fsp3) is 0.364. The van der Waals surface area contributed by atoms with E-state index in [2.05, 4.69) is 64.3 Å². The van der Waals surface area contributed by atoms with E-state index in [1.165, 1.54) is 17.5 Å². The Kier molecular flexibility index (Phi) is 2.68. The van der Waals surface area contributed by atoms with E-state index >= 15 is 0 Å². The summed E-state index contributed by atoms with van der Waals surface area (Å²) in [5.74, 6) is 1.10. The van der Waals surface area contributed by atoms with Crippen LogP contribution in [0.25, 0.3) is 11.0 Å². The standard InChI is InChI=1S/C11H9Br3N2/c1-5-15-10-9(14)8(13)7(12)6-3-2-4-16(5)11(6)10/h2-4H2,1H3. The molecule has 0 radical (unpaired) electrons. The lowest BCUT2D eigenvalue weighted by Gasteiger charge is -2.18. The van der Waals surface area contributed by atoms with Crippen molar-refractivity contribution >= 4 is 58.8 Å². The molecule has 0 bridgehead atoms. The van der Waals surface area contributed by atoms with Crippen LogP contribution in [-0.4, -0.2) is 9.55 Å². The predicted octanol–water partition coefficient (Wildman–Crippen LogP) is 4.58. The molecule has 2 heterocycles. The van der Waals surface area contributed by atoms with Gasteiger partial charge in [0.1, 0.15) is 11.3 Å². The molecule has 1 aromatic heterocycles. The van der Waals surface area contributed by atoms with E-state index in [1.807, 2.05) is 0 Å². The van der Waals surface area contributed by atoms with Gasteiger partial charge in [-0.05, 0) is 73.1 Å². The monoisotopic (exact) mass is 406 g/mol. The van der Waals surface area contributed by atoms with Crippen molar-refractivity contribution in [3.05, 3.63) is 24.8 Å². The zero-order valence-electron chi connectivity index (χ0n) is 8.65.